The molecule has 1 aliphatic rings. The maximum Gasteiger partial charge on any atom is 0.187 e. The van der Waals surface area contributed by atoms with Gasteiger partial charge in [0.25, 0.3) is 0 Å². The van der Waals surface area contributed by atoms with Gasteiger partial charge in [0, 0.05) is 6.20 Å². The van der Waals surface area contributed by atoms with Crippen LogP contribution in [-0.4, -0.2) is 27.0 Å². The Morgan fingerprint density at radius 3 is 2.56 bits per heavy atom. The van der Waals surface area contributed by atoms with Gasteiger partial charge < -0.3 is 4.74 Å². The second-order valence-corrected chi connectivity index (χ2v) is 6.08. The lowest BCUT2D eigenvalue weighted by Crippen LogP contribution is -2.34. The molecule has 1 fully saturated rings. The first kappa shape index (κ1) is 13.1. The molecule has 0 amide bonds. The van der Waals surface area contributed by atoms with E-state index >= 15 is 0 Å². The lowest BCUT2D eigenvalue weighted by Gasteiger charge is -2.26. The zero-order chi connectivity index (χ0) is 13.6. The van der Waals surface area contributed by atoms with Crippen LogP contribution in [-0.2, 0) is 4.74 Å². The minimum absolute atomic E-state index is 0.0519. The molecule has 98 valence electrons. The van der Waals surface area contributed by atoms with Crippen LogP contribution in [0, 0.1) is 12.8 Å². The van der Waals surface area contributed by atoms with Crippen LogP contribution >= 0.6 is 0 Å². The summed E-state index contributed by atoms with van der Waals surface area (Å²) in [5, 5.41) is 0. The lowest BCUT2D eigenvalue weighted by atomic mass is 9.83. The van der Waals surface area contributed by atoms with E-state index < -0.39 is 5.60 Å². The predicted molar refractivity (Wildman–Crippen MR) is 68.4 cm³/mol. The summed E-state index contributed by atoms with van der Waals surface area (Å²) in [6, 6.07) is 1.68. The van der Waals surface area contributed by atoms with Crippen LogP contribution in [0.25, 0.3) is 0 Å². The maximum absolute atomic E-state index is 12.5. The summed E-state index contributed by atoms with van der Waals surface area (Å²) in [6.45, 7) is 9.77. The molecule has 1 unspecified atom stereocenters. The maximum atomic E-state index is 12.5. The summed E-state index contributed by atoms with van der Waals surface area (Å²) in [5.74, 6) is 0.523. The summed E-state index contributed by atoms with van der Waals surface area (Å²) in [5.41, 5.74) is -0.215. The molecule has 1 saturated heterocycles. The van der Waals surface area contributed by atoms with E-state index in [9.17, 15) is 4.79 Å². The summed E-state index contributed by atoms with van der Waals surface area (Å²) in [4.78, 5) is 20.8. The Kier molecular flexibility index (Phi) is 3.01. The number of rotatable bonds is 2. The summed E-state index contributed by atoms with van der Waals surface area (Å²) >= 11 is 0. The highest BCUT2D eigenvalue weighted by molar-refractivity contribution is 5.97. The molecule has 1 aromatic heterocycles. The molecule has 1 aliphatic heterocycles. The number of aryl methyl sites for hydroxylation is 1. The molecule has 1 atom stereocenters. The molecule has 0 radical (unpaired) electrons. The topological polar surface area (TPSA) is 52.1 Å². The fourth-order valence-electron chi connectivity index (χ4n) is 2.74. The van der Waals surface area contributed by atoms with Crippen molar-refractivity contribution in [1.29, 1.82) is 0 Å². The Morgan fingerprint density at radius 2 is 2.06 bits per heavy atom. The Balaban J connectivity index is 2.30. The lowest BCUT2D eigenvalue weighted by molar-refractivity contribution is -0.0712. The zero-order valence-corrected chi connectivity index (χ0v) is 11.7. The number of Topliss-reactive ketones (excluding diaryl/α,β-unsaturated/α-hetero) is 1. The summed E-state index contributed by atoms with van der Waals surface area (Å²) in [7, 11) is 0. The third-order valence-electron chi connectivity index (χ3n) is 3.42. The number of carbonyl (C=O) groups is 1. The van der Waals surface area contributed by atoms with E-state index in [1.807, 2.05) is 27.7 Å². The highest BCUT2D eigenvalue weighted by atomic mass is 16.5. The van der Waals surface area contributed by atoms with E-state index in [1.165, 1.54) is 0 Å². The molecule has 1 aromatic rings. The molecule has 18 heavy (non-hydrogen) atoms. The van der Waals surface area contributed by atoms with Gasteiger partial charge in [0.15, 0.2) is 5.78 Å². The number of aromatic nitrogens is 2. The van der Waals surface area contributed by atoms with Gasteiger partial charge >= 0.3 is 0 Å². The normalized spacial score (nSPS) is 25.1. The monoisotopic (exact) mass is 248 g/mol. The van der Waals surface area contributed by atoms with Crippen LogP contribution in [0.3, 0.4) is 0 Å². The molecule has 0 spiro atoms. The minimum Gasteiger partial charge on any atom is -0.369 e. The van der Waals surface area contributed by atoms with Gasteiger partial charge in [-0.1, -0.05) is 0 Å². The van der Waals surface area contributed by atoms with Crippen molar-refractivity contribution in [2.24, 2.45) is 5.92 Å². The molecular weight excluding hydrogens is 228 g/mol. The third kappa shape index (κ3) is 2.43. The van der Waals surface area contributed by atoms with Gasteiger partial charge in [0.1, 0.15) is 11.5 Å². The van der Waals surface area contributed by atoms with Gasteiger partial charge in [-0.3, -0.25) is 4.79 Å². The molecule has 0 saturated carbocycles. The van der Waals surface area contributed by atoms with Crippen molar-refractivity contribution in [2.45, 2.75) is 52.2 Å². The number of ketones is 1. The number of hydrogen-bond acceptors (Lipinski definition) is 4. The number of hydrogen-bond donors (Lipinski definition) is 0. The zero-order valence-electron chi connectivity index (χ0n) is 11.7. The SMILES string of the molecule is Cc1nccc(C(=O)C2CC(C)(C)OC2(C)C)n1. The van der Waals surface area contributed by atoms with Gasteiger partial charge in [-0.2, -0.15) is 0 Å². The van der Waals surface area contributed by atoms with Gasteiger partial charge in [0.2, 0.25) is 0 Å². The molecule has 0 N–H and O–H groups in total. The van der Waals surface area contributed by atoms with E-state index in [2.05, 4.69) is 9.97 Å². The second kappa shape index (κ2) is 4.12. The summed E-state index contributed by atoms with van der Waals surface area (Å²) in [6.07, 6.45) is 2.35. The van der Waals surface area contributed by atoms with Crippen LogP contribution in [0.4, 0.5) is 0 Å². The van der Waals surface area contributed by atoms with E-state index in [0.717, 1.165) is 6.42 Å². The van der Waals surface area contributed by atoms with Crippen LogP contribution in [0.1, 0.15) is 50.4 Å². The molecule has 2 rings (SSSR count). The number of carbonyl (C=O) groups excluding carboxylic acids is 1. The first-order valence-electron chi connectivity index (χ1n) is 6.25. The van der Waals surface area contributed by atoms with Gasteiger partial charge in [-0.25, -0.2) is 9.97 Å². The van der Waals surface area contributed by atoms with Crippen molar-refractivity contribution in [3.8, 4) is 0 Å². The quantitative estimate of drug-likeness (QED) is 0.755. The minimum atomic E-state index is -0.445. The van der Waals surface area contributed by atoms with Crippen LogP contribution < -0.4 is 0 Å². The standard InChI is InChI=1S/C14H20N2O2/c1-9-15-7-6-11(16-9)12(17)10-8-13(2,3)18-14(10,4)5/h6-7,10H,8H2,1-5H3. The van der Waals surface area contributed by atoms with Crippen LogP contribution in [0.15, 0.2) is 12.3 Å². The number of nitrogens with zero attached hydrogens (tertiary/aromatic N) is 2. The molecule has 2 heterocycles. The van der Waals surface area contributed by atoms with Crippen molar-refractivity contribution >= 4 is 5.78 Å². The fourth-order valence-corrected chi connectivity index (χ4v) is 2.74. The predicted octanol–water partition coefficient (Wildman–Crippen LogP) is 2.56. The largest absolute Gasteiger partial charge is 0.369 e. The van der Waals surface area contributed by atoms with E-state index in [0.29, 0.717) is 11.5 Å². The smallest absolute Gasteiger partial charge is 0.187 e. The Hall–Kier alpha value is -1.29. The van der Waals surface area contributed by atoms with E-state index in [-0.39, 0.29) is 17.3 Å². The average Bonchev–Trinajstić information content (AvgIpc) is 2.45. The molecule has 4 heteroatoms. The molecular formula is C14H20N2O2. The first-order chi connectivity index (χ1) is 8.21. The molecule has 4 nitrogen and oxygen atoms in total. The fraction of sp³-hybridized carbons (Fsp3) is 0.643. The van der Waals surface area contributed by atoms with Crippen LogP contribution in [0.5, 0.6) is 0 Å². The molecule has 0 aliphatic carbocycles. The highest BCUT2D eigenvalue weighted by Crippen LogP contribution is 2.43. The second-order valence-electron chi connectivity index (χ2n) is 6.08. The first-order valence-corrected chi connectivity index (χ1v) is 6.25. The Labute approximate surface area is 108 Å². The van der Waals surface area contributed by atoms with Gasteiger partial charge in [0.05, 0.1) is 17.1 Å². The summed E-state index contributed by atoms with van der Waals surface area (Å²) < 4.78 is 5.96. The molecule has 0 bridgehead atoms. The van der Waals surface area contributed by atoms with Crippen molar-refractivity contribution < 1.29 is 9.53 Å². The van der Waals surface area contributed by atoms with E-state index in [4.69, 9.17) is 4.74 Å². The average molecular weight is 248 g/mol. The Morgan fingerprint density at radius 1 is 1.39 bits per heavy atom. The third-order valence-corrected chi connectivity index (χ3v) is 3.42. The van der Waals surface area contributed by atoms with Crippen molar-refractivity contribution in [2.75, 3.05) is 0 Å². The van der Waals surface area contributed by atoms with Crippen molar-refractivity contribution in [3.63, 3.8) is 0 Å². The van der Waals surface area contributed by atoms with E-state index in [1.54, 1.807) is 19.2 Å². The van der Waals surface area contributed by atoms with Crippen molar-refractivity contribution in [1.82, 2.24) is 9.97 Å². The van der Waals surface area contributed by atoms with Gasteiger partial charge in [-0.15, -0.1) is 0 Å². The van der Waals surface area contributed by atoms with Crippen LogP contribution in [0.2, 0.25) is 0 Å². The Bertz CT molecular complexity index is 480. The number of ether oxygens (including phenoxy) is 1. The van der Waals surface area contributed by atoms with Crippen molar-refractivity contribution in [3.05, 3.63) is 23.8 Å². The highest BCUT2D eigenvalue weighted by Gasteiger charge is 2.49. The van der Waals surface area contributed by atoms with Gasteiger partial charge in [-0.05, 0) is 47.1 Å². The molecule has 0 aromatic carbocycles.